The fourth-order valence-electron chi connectivity index (χ4n) is 5.33. The number of benzene rings is 1. The van der Waals surface area contributed by atoms with E-state index in [4.69, 9.17) is 47.4 Å². The lowest BCUT2D eigenvalue weighted by molar-refractivity contribution is -0.156. The van der Waals surface area contributed by atoms with Gasteiger partial charge in [-0.1, -0.05) is 39.8 Å². The topological polar surface area (TPSA) is 217 Å². The molecule has 1 rings (SSSR count). The summed E-state index contributed by atoms with van der Waals surface area (Å²) in [4.78, 5) is 49.4. The summed E-state index contributed by atoms with van der Waals surface area (Å²) < 4.78 is 55.6. The number of aromatic hydroxyl groups is 1. The largest absolute Gasteiger partial charge is 0.508 e. The predicted octanol–water partition coefficient (Wildman–Crippen LogP) is 4.37. The molecule has 0 radical (unpaired) electrons. The minimum atomic E-state index is -0.852. The number of carbonyl (C=O) groups excluding carboxylic acids is 4. The van der Waals surface area contributed by atoms with Crippen molar-refractivity contribution in [2.24, 2.45) is 10.8 Å². The lowest BCUT2D eigenvalue weighted by Crippen LogP contribution is -2.48. The molecular weight excluding hydrogens is 835 g/mol. The number of rotatable bonds is 36. The van der Waals surface area contributed by atoms with Crippen molar-refractivity contribution < 1.29 is 71.7 Å². The SMILES string of the molecule is CC(C)(COCCOCCNC(=O)C(Cc1ccc(O)cc1)NC(=O)CCOCCOCCOCCOCCNC(=O)OC(C)(C)C)COCC(C)(C)COCCC(=O)OC(C)(C)C. The van der Waals surface area contributed by atoms with Crippen molar-refractivity contribution in [2.75, 3.05) is 119 Å². The minimum Gasteiger partial charge on any atom is -0.508 e. The molecule has 370 valence electrons. The Morgan fingerprint density at radius 3 is 1.45 bits per heavy atom. The third kappa shape index (κ3) is 34.7. The first-order chi connectivity index (χ1) is 30.1. The number of esters is 1. The van der Waals surface area contributed by atoms with E-state index in [9.17, 15) is 24.3 Å². The van der Waals surface area contributed by atoms with Gasteiger partial charge in [0, 0.05) is 36.8 Å². The zero-order valence-corrected chi connectivity index (χ0v) is 40.4. The Kier molecular flexibility index (Phi) is 29.3. The molecule has 18 heteroatoms. The Morgan fingerprint density at radius 1 is 0.516 bits per heavy atom. The predicted molar refractivity (Wildman–Crippen MR) is 240 cm³/mol. The van der Waals surface area contributed by atoms with Gasteiger partial charge in [0.05, 0.1) is 112 Å². The van der Waals surface area contributed by atoms with E-state index in [2.05, 4.69) is 29.8 Å². The Morgan fingerprint density at radius 2 is 0.938 bits per heavy atom. The van der Waals surface area contributed by atoms with E-state index >= 15 is 0 Å². The highest BCUT2D eigenvalue weighted by Crippen LogP contribution is 2.21. The molecule has 0 spiro atoms. The second-order valence-corrected chi connectivity index (χ2v) is 18.8. The fraction of sp³-hybridized carbons (Fsp3) is 0.783. The first-order valence-corrected chi connectivity index (χ1v) is 22.2. The summed E-state index contributed by atoms with van der Waals surface area (Å²) in [5, 5.41) is 17.9. The standard InChI is InChI=1S/C46H81N3O15/c1-43(2,3)63-40(52)16-20-60-32-45(7,8)34-62-35-46(9,10)33-61-30-29-56-21-17-47-41(53)38(31-36-11-13-37(50)14-12-36)49-39(51)15-19-55-23-25-58-27-28-59-26-24-57-22-18-48-42(54)64-44(4,5)6/h11-14,38,50H,15-35H2,1-10H3,(H,47,53)(H,48,54)(H,49,51). The van der Waals surface area contributed by atoms with Crippen LogP contribution < -0.4 is 16.0 Å². The lowest BCUT2D eigenvalue weighted by atomic mass is 9.94. The number of phenols is 1. The van der Waals surface area contributed by atoms with E-state index < -0.39 is 23.3 Å². The molecule has 0 heterocycles. The molecular formula is C46H81N3O15. The molecule has 4 N–H and O–H groups in total. The number of ether oxygens (including phenoxy) is 10. The van der Waals surface area contributed by atoms with Gasteiger partial charge in [-0.2, -0.15) is 0 Å². The normalized spacial score (nSPS) is 12.7. The molecule has 0 fully saturated rings. The van der Waals surface area contributed by atoms with Crippen molar-refractivity contribution in [1.82, 2.24) is 16.0 Å². The average Bonchev–Trinajstić information content (AvgIpc) is 3.18. The third-order valence-corrected chi connectivity index (χ3v) is 8.29. The van der Waals surface area contributed by atoms with Crippen LogP contribution in [0.4, 0.5) is 4.79 Å². The van der Waals surface area contributed by atoms with Crippen molar-refractivity contribution in [3.63, 3.8) is 0 Å². The molecule has 64 heavy (non-hydrogen) atoms. The van der Waals surface area contributed by atoms with Gasteiger partial charge in [-0.3, -0.25) is 14.4 Å². The third-order valence-electron chi connectivity index (χ3n) is 8.29. The average molecular weight is 916 g/mol. The summed E-state index contributed by atoms with van der Waals surface area (Å²) in [5.41, 5.74) is -0.767. The van der Waals surface area contributed by atoms with Crippen LogP contribution >= 0.6 is 0 Å². The van der Waals surface area contributed by atoms with E-state index in [-0.39, 0.29) is 80.0 Å². The zero-order chi connectivity index (χ0) is 47.9. The molecule has 0 saturated heterocycles. The highest BCUT2D eigenvalue weighted by atomic mass is 16.6. The second kappa shape index (κ2) is 32.1. The number of nitrogens with one attached hydrogen (secondary N) is 3. The van der Waals surface area contributed by atoms with E-state index in [0.717, 1.165) is 5.56 Å². The zero-order valence-electron chi connectivity index (χ0n) is 40.4. The van der Waals surface area contributed by atoms with E-state index in [1.807, 2.05) is 34.6 Å². The molecule has 1 aromatic carbocycles. The highest BCUT2D eigenvalue weighted by molar-refractivity contribution is 5.87. The fourth-order valence-corrected chi connectivity index (χ4v) is 5.33. The Hall–Kier alpha value is -3.62. The lowest BCUT2D eigenvalue weighted by Gasteiger charge is -2.29. The molecule has 1 unspecified atom stereocenters. The van der Waals surface area contributed by atoms with Gasteiger partial charge in [0.1, 0.15) is 23.0 Å². The number of hydrogen-bond acceptors (Lipinski definition) is 15. The van der Waals surface area contributed by atoms with E-state index in [1.165, 1.54) is 12.1 Å². The van der Waals surface area contributed by atoms with Crippen LogP contribution in [0, 0.1) is 10.8 Å². The van der Waals surface area contributed by atoms with Crippen LogP contribution in [0.2, 0.25) is 0 Å². The number of hydrogen-bond donors (Lipinski definition) is 4. The van der Waals surface area contributed by atoms with Crippen LogP contribution in [0.15, 0.2) is 24.3 Å². The van der Waals surface area contributed by atoms with Crippen LogP contribution in [0.1, 0.15) is 87.6 Å². The maximum Gasteiger partial charge on any atom is 0.407 e. The van der Waals surface area contributed by atoms with E-state index in [1.54, 1.807) is 32.9 Å². The quantitative estimate of drug-likeness (QED) is 0.0543. The van der Waals surface area contributed by atoms with Crippen molar-refractivity contribution >= 4 is 23.9 Å². The molecule has 18 nitrogen and oxygen atoms in total. The van der Waals surface area contributed by atoms with Crippen LogP contribution in [-0.2, 0) is 68.2 Å². The maximum absolute atomic E-state index is 13.2. The Labute approximate surface area is 381 Å². The molecule has 1 atom stereocenters. The molecule has 0 bridgehead atoms. The monoisotopic (exact) mass is 916 g/mol. The summed E-state index contributed by atoms with van der Waals surface area (Å²) in [6.07, 6.45) is -0.00862. The van der Waals surface area contributed by atoms with Crippen LogP contribution in [0.5, 0.6) is 5.75 Å². The number of carbonyl (C=O) groups is 4. The van der Waals surface area contributed by atoms with Gasteiger partial charge < -0.3 is 68.4 Å². The molecule has 0 aliphatic carbocycles. The van der Waals surface area contributed by atoms with Crippen LogP contribution in [0.3, 0.4) is 0 Å². The summed E-state index contributed by atoms with van der Waals surface area (Å²) in [6.45, 7) is 25.4. The van der Waals surface area contributed by atoms with Gasteiger partial charge in [-0.25, -0.2) is 4.79 Å². The van der Waals surface area contributed by atoms with Gasteiger partial charge in [-0.15, -0.1) is 0 Å². The minimum absolute atomic E-state index is 0.0491. The van der Waals surface area contributed by atoms with Crippen molar-refractivity contribution in [1.29, 1.82) is 0 Å². The molecule has 1 aromatic rings. The van der Waals surface area contributed by atoms with E-state index in [0.29, 0.717) is 92.4 Å². The summed E-state index contributed by atoms with van der Waals surface area (Å²) in [5.74, 6) is -0.887. The van der Waals surface area contributed by atoms with Gasteiger partial charge in [0.25, 0.3) is 0 Å². The first-order valence-electron chi connectivity index (χ1n) is 22.2. The number of phenolic OH excluding ortho intramolecular Hbond substituents is 1. The molecule has 0 aliphatic rings. The molecule has 0 saturated carbocycles. The molecule has 0 aliphatic heterocycles. The Balaban J connectivity index is 2.23. The Bertz CT molecular complexity index is 1430. The van der Waals surface area contributed by atoms with Crippen molar-refractivity contribution in [3.8, 4) is 5.75 Å². The first kappa shape index (κ1) is 58.4. The van der Waals surface area contributed by atoms with Gasteiger partial charge in [-0.05, 0) is 59.2 Å². The van der Waals surface area contributed by atoms with Gasteiger partial charge in [0.15, 0.2) is 0 Å². The summed E-state index contributed by atoms with van der Waals surface area (Å²) in [6, 6.07) is 5.60. The van der Waals surface area contributed by atoms with Crippen LogP contribution in [-0.4, -0.2) is 165 Å². The molecule has 3 amide bonds. The number of alkyl carbamates (subject to hydrolysis) is 1. The number of amides is 3. The van der Waals surface area contributed by atoms with Gasteiger partial charge in [0.2, 0.25) is 11.8 Å². The maximum atomic E-state index is 13.2. The second-order valence-electron chi connectivity index (χ2n) is 18.8. The highest BCUT2D eigenvalue weighted by Gasteiger charge is 2.25. The molecule has 0 aromatic heterocycles. The van der Waals surface area contributed by atoms with Crippen LogP contribution in [0.25, 0.3) is 0 Å². The van der Waals surface area contributed by atoms with Gasteiger partial charge >= 0.3 is 12.1 Å². The van der Waals surface area contributed by atoms with Crippen molar-refractivity contribution in [3.05, 3.63) is 29.8 Å². The van der Waals surface area contributed by atoms with Crippen molar-refractivity contribution in [2.45, 2.75) is 106 Å². The smallest absolute Gasteiger partial charge is 0.407 e. The summed E-state index contributed by atoms with van der Waals surface area (Å²) in [7, 11) is 0. The summed E-state index contributed by atoms with van der Waals surface area (Å²) >= 11 is 0.